The molecule has 0 aromatic carbocycles. The fraction of sp³-hybridized carbons (Fsp3) is 0.167. The maximum absolute atomic E-state index is 10.3. The third-order valence-electron chi connectivity index (χ3n) is 1.11. The van der Waals surface area contributed by atoms with E-state index in [-0.39, 0.29) is 5.69 Å². The van der Waals surface area contributed by atoms with Crippen molar-refractivity contribution in [3.05, 3.63) is 22.2 Å². The Labute approximate surface area is 71.4 Å². The van der Waals surface area contributed by atoms with Crippen LogP contribution in [0.15, 0.2) is 10.8 Å². The smallest absolute Gasteiger partial charge is 0.356 e. The van der Waals surface area contributed by atoms with Crippen LogP contribution < -0.4 is 0 Å². The molecule has 58 valence electrons. The molecule has 1 heterocycles. The molecule has 0 atom stereocenters. The van der Waals surface area contributed by atoms with Crippen LogP contribution in [0.5, 0.6) is 0 Å². The lowest BCUT2D eigenvalue weighted by atomic mass is 10.4. The fourth-order valence-corrected chi connectivity index (χ4v) is 0.761. The number of nitrogens with zero attached hydrogens (tertiary/aromatic N) is 2. The third-order valence-corrected chi connectivity index (χ3v) is 1.88. The molecule has 1 N–H and O–H groups in total. The molecule has 1 aromatic rings. The van der Waals surface area contributed by atoms with Crippen molar-refractivity contribution in [2.45, 2.75) is 6.92 Å². The first-order chi connectivity index (χ1) is 5.11. The van der Waals surface area contributed by atoms with Crippen LogP contribution in [0.2, 0.25) is 0 Å². The van der Waals surface area contributed by atoms with Crippen molar-refractivity contribution in [2.75, 3.05) is 0 Å². The summed E-state index contributed by atoms with van der Waals surface area (Å²) in [5, 5.41) is 8.48. The SMILES string of the molecule is Cc1nc(C(=O)O)cnc1Br. The predicted molar refractivity (Wildman–Crippen MR) is 41.4 cm³/mol. The van der Waals surface area contributed by atoms with Crippen LogP contribution in [0.25, 0.3) is 0 Å². The first-order valence-corrected chi connectivity index (χ1v) is 3.63. The zero-order valence-corrected chi connectivity index (χ0v) is 7.29. The lowest BCUT2D eigenvalue weighted by molar-refractivity contribution is 0.0689. The topological polar surface area (TPSA) is 63.1 Å². The molecule has 11 heavy (non-hydrogen) atoms. The molecular formula is C6H5BrN2O2. The summed E-state index contributed by atoms with van der Waals surface area (Å²) < 4.78 is 0.572. The number of aromatic nitrogens is 2. The third kappa shape index (κ3) is 1.74. The molecule has 4 nitrogen and oxygen atoms in total. The number of hydrogen-bond donors (Lipinski definition) is 1. The highest BCUT2D eigenvalue weighted by molar-refractivity contribution is 9.10. The Morgan fingerprint density at radius 2 is 2.36 bits per heavy atom. The van der Waals surface area contributed by atoms with Gasteiger partial charge in [-0.2, -0.15) is 0 Å². The molecule has 0 amide bonds. The van der Waals surface area contributed by atoms with E-state index in [1.807, 2.05) is 0 Å². The number of halogens is 1. The summed E-state index contributed by atoms with van der Waals surface area (Å²) in [6.07, 6.45) is 1.21. The van der Waals surface area contributed by atoms with E-state index in [2.05, 4.69) is 25.9 Å². The molecule has 0 fully saturated rings. The number of aromatic carboxylic acids is 1. The van der Waals surface area contributed by atoms with Crippen LogP contribution >= 0.6 is 15.9 Å². The van der Waals surface area contributed by atoms with Gasteiger partial charge in [0.1, 0.15) is 4.60 Å². The number of carbonyl (C=O) groups is 1. The normalized spacial score (nSPS) is 9.64. The van der Waals surface area contributed by atoms with Gasteiger partial charge in [-0.15, -0.1) is 0 Å². The highest BCUT2D eigenvalue weighted by Crippen LogP contribution is 2.09. The summed E-state index contributed by atoms with van der Waals surface area (Å²) in [6.45, 7) is 1.68. The van der Waals surface area contributed by atoms with Crippen LogP contribution in [0.1, 0.15) is 16.2 Å². The molecular weight excluding hydrogens is 212 g/mol. The van der Waals surface area contributed by atoms with Gasteiger partial charge in [-0.1, -0.05) is 0 Å². The van der Waals surface area contributed by atoms with Crippen molar-refractivity contribution in [2.24, 2.45) is 0 Å². The number of hydrogen-bond acceptors (Lipinski definition) is 3. The minimum atomic E-state index is -1.06. The second-order valence-corrected chi connectivity index (χ2v) is 2.69. The van der Waals surface area contributed by atoms with Crippen molar-refractivity contribution in [1.29, 1.82) is 0 Å². The maximum Gasteiger partial charge on any atom is 0.356 e. The van der Waals surface area contributed by atoms with Gasteiger partial charge in [-0.3, -0.25) is 0 Å². The highest BCUT2D eigenvalue weighted by atomic mass is 79.9. The average molecular weight is 217 g/mol. The first-order valence-electron chi connectivity index (χ1n) is 2.83. The van der Waals surface area contributed by atoms with Crippen molar-refractivity contribution in [1.82, 2.24) is 9.97 Å². The van der Waals surface area contributed by atoms with Gasteiger partial charge in [0, 0.05) is 0 Å². The van der Waals surface area contributed by atoms with Crippen molar-refractivity contribution in [3.63, 3.8) is 0 Å². The number of carboxylic acids is 1. The Balaban J connectivity index is 3.15. The Morgan fingerprint density at radius 3 is 2.82 bits per heavy atom. The molecule has 0 radical (unpaired) electrons. The summed E-state index contributed by atoms with van der Waals surface area (Å²) in [6, 6.07) is 0. The van der Waals surface area contributed by atoms with E-state index in [9.17, 15) is 4.79 Å². The Morgan fingerprint density at radius 1 is 1.73 bits per heavy atom. The molecule has 0 spiro atoms. The van der Waals surface area contributed by atoms with Crippen LogP contribution in [0.3, 0.4) is 0 Å². The van der Waals surface area contributed by atoms with Gasteiger partial charge in [-0.25, -0.2) is 14.8 Å². The van der Waals surface area contributed by atoms with E-state index in [4.69, 9.17) is 5.11 Å². The molecule has 0 bridgehead atoms. The predicted octanol–water partition coefficient (Wildman–Crippen LogP) is 1.25. The first kappa shape index (κ1) is 8.13. The standard InChI is InChI=1S/C6H5BrN2O2/c1-3-5(7)8-2-4(9-3)6(10)11/h2H,1H3,(H,10,11). The molecule has 0 saturated heterocycles. The van der Waals surface area contributed by atoms with Crippen molar-refractivity contribution < 1.29 is 9.90 Å². The van der Waals surface area contributed by atoms with Gasteiger partial charge in [0.25, 0.3) is 0 Å². The molecule has 0 aliphatic heterocycles. The summed E-state index contributed by atoms with van der Waals surface area (Å²) >= 11 is 3.11. The zero-order chi connectivity index (χ0) is 8.43. The van der Waals surface area contributed by atoms with Gasteiger partial charge in [-0.05, 0) is 22.9 Å². The van der Waals surface area contributed by atoms with E-state index < -0.39 is 5.97 Å². The monoisotopic (exact) mass is 216 g/mol. The van der Waals surface area contributed by atoms with Crippen molar-refractivity contribution in [3.8, 4) is 0 Å². The number of rotatable bonds is 1. The number of carboxylic acid groups (broad SMARTS) is 1. The van der Waals surface area contributed by atoms with E-state index in [1.54, 1.807) is 6.92 Å². The zero-order valence-electron chi connectivity index (χ0n) is 5.71. The largest absolute Gasteiger partial charge is 0.476 e. The lowest BCUT2D eigenvalue weighted by Gasteiger charge is -1.96. The van der Waals surface area contributed by atoms with Crippen LogP contribution in [-0.2, 0) is 0 Å². The fourth-order valence-electron chi connectivity index (χ4n) is 0.570. The molecule has 5 heteroatoms. The summed E-state index contributed by atoms with van der Waals surface area (Å²) in [4.78, 5) is 17.9. The van der Waals surface area contributed by atoms with E-state index in [1.165, 1.54) is 6.20 Å². The average Bonchev–Trinajstić information content (AvgIpc) is 1.94. The summed E-state index contributed by atoms with van der Waals surface area (Å²) in [5.41, 5.74) is 0.538. The van der Waals surface area contributed by atoms with Crippen LogP contribution in [0, 0.1) is 6.92 Å². The van der Waals surface area contributed by atoms with E-state index >= 15 is 0 Å². The van der Waals surface area contributed by atoms with E-state index in [0.29, 0.717) is 10.3 Å². The van der Waals surface area contributed by atoms with Gasteiger partial charge in [0.05, 0.1) is 11.9 Å². The number of aryl methyl sites for hydroxylation is 1. The summed E-state index contributed by atoms with van der Waals surface area (Å²) in [5.74, 6) is -1.06. The molecule has 0 aliphatic carbocycles. The molecule has 0 unspecified atom stereocenters. The van der Waals surface area contributed by atoms with Crippen molar-refractivity contribution >= 4 is 21.9 Å². The quantitative estimate of drug-likeness (QED) is 0.768. The Bertz CT molecular complexity index is 301. The molecule has 1 aromatic heterocycles. The maximum atomic E-state index is 10.3. The van der Waals surface area contributed by atoms with Gasteiger partial charge in [0.15, 0.2) is 5.69 Å². The van der Waals surface area contributed by atoms with E-state index in [0.717, 1.165) is 0 Å². The lowest BCUT2D eigenvalue weighted by Crippen LogP contribution is -2.02. The van der Waals surface area contributed by atoms with Crippen LogP contribution in [-0.4, -0.2) is 21.0 Å². The summed E-state index contributed by atoms with van der Waals surface area (Å²) in [7, 11) is 0. The molecule has 1 rings (SSSR count). The Hall–Kier alpha value is -0.970. The molecule has 0 aliphatic rings. The van der Waals surface area contributed by atoms with Gasteiger partial charge in [0.2, 0.25) is 0 Å². The minimum absolute atomic E-state index is 0.0364. The van der Waals surface area contributed by atoms with Crippen LogP contribution in [0.4, 0.5) is 0 Å². The van der Waals surface area contributed by atoms with Gasteiger partial charge >= 0.3 is 5.97 Å². The second-order valence-electron chi connectivity index (χ2n) is 1.94. The van der Waals surface area contributed by atoms with Gasteiger partial charge < -0.3 is 5.11 Å². The Kier molecular flexibility index (Phi) is 2.19. The second kappa shape index (κ2) is 2.96. The minimum Gasteiger partial charge on any atom is -0.476 e. The molecule has 0 saturated carbocycles. The highest BCUT2D eigenvalue weighted by Gasteiger charge is 2.06.